The molecule has 1 aromatic carbocycles. The standard InChI is InChI=1S/C11H10FNO2/c12-10-5-4-9(7-14)8(6-10)2-1-3-11(13)15/h1-2,4-7H,3H2,(H2,13,15). The van der Waals surface area contributed by atoms with Gasteiger partial charge >= 0.3 is 0 Å². The van der Waals surface area contributed by atoms with E-state index in [0.717, 1.165) is 0 Å². The first-order valence-electron chi connectivity index (χ1n) is 4.33. The van der Waals surface area contributed by atoms with Gasteiger partial charge in [-0.05, 0) is 23.8 Å². The van der Waals surface area contributed by atoms with E-state index in [1.165, 1.54) is 30.4 Å². The molecule has 78 valence electrons. The SMILES string of the molecule is NC(=O)CC=Cc1cc(F)ccc1C=O. The smallest absolute Gasteiger partial charge is 0.221 e. The monoisotopic (exact) mass is 207 g/mol. The van der Waals surface area contributed by atoms with Crippen LogP contribution < -0.4 is 5.73 Å². The number of benzene rings is 1. The first-order valence-corrected chi connectivity index (χ1v) is 4.33. The van der Waals surface area contributed by atoms with Crippen molar-refractivity contribution in [3.05, 3.63) is 41.2 Å². The molecular formula is C11H10FNO2. The molecule has 2 N–H and O–H groups in total. The van der Waals surface area contributed by atoms with E-state index in [0.29, 0.717) is 17.4 Å². The van der Waals surface area contributed by atoms with Crippen molar-refractivity contribution in [3.8, 4) is 0 Å². The second-order valence-electron chi connectivity index (χ2n) is 2.96. The third kappa shape index (κ3) is 3.34. The van der Waals surface area contributed by atoms with Crippen molar-refractivity contribution >= 4 is 18.3 Å². The molecule has 0 saturated heterocycles. The quantitative estimate of drug-likeness (QED) is 0.761. The number of carbonyl (C=O) groups excluding carboxylic acids is 2. The van der Waals surface area contributed by atoms with Crippen LogP contribution in [0.25, 0.3) is 6.08 Å². The summed E-state index contributed by atoms with van der Waals surface area (Å²) in [6, 6.07) is 3.81. The Morgan fingerprint density at radius 2 is 2.13 bits per heavy atom. The molecule has 0 bridgehead atoms. The maximum atomic E-state index is 12.8. The normalized spacial score (nSPS) is 10.5. The van der Waals surface area contributed by atoms with Gasteiger partial charge in [0.25, 0.3) is 0 Å². The fraction of sp³-hybridized carbons (Fsp3) is 0.0909. The first-order chi connectivity index (χ1) is 7.13. The van der Waals surface area contributed by atoms with Gasteiger partial charge in [0.05, 0.1) is 0 Å². The fourth-order valence-corrected chi connectivity index (χ4v) is 1.10. The van der Waals surface area contributed by atoms with Crippen LogP contribution in [0.5, 0.6) is 0 Å². The average molecular weight is 207 g/mol. The Hall–Kier alpha value is -1.97. The van der Waals surface area contributed by atoms with Gasteiger partial charge in [-0.25, -0.2) is 4.39 Å². The number of primary amides is 1. The molecule has 0 aliphatic rings. The van der Waals surface area contributed by atoms with Crippen LogP contribution in [-0.2, 0) is 4.79 Å². The number of rotatable bonds is 4. The lowest BCUT2D eigenvalue weighted by Crippen LogP contribution is -2.07. The van der Waals surface area contributed by atoms with Crippen molar-refractivity contribution in [1.82, 2.24) is 0 Å². The molecule has 15 heavy (non-hydrogen) atoms. The summed E-state index contributed by atoms with van der Waals surface area (Å²) in [5.74, 6) is -0.908. The van der Waals surface area contributed by atoms with Crippen LogP contribution in [0.4, 0.5) is 4.39 Å². The first kappa shape index (κ1) is 11.1. The van der Waals surface area contributed by atoms with Gasteiger partial charge in [-0.3, -0.25) is 9.59 Å². The highest BCUT2D eigenvalue weighted by atomic mass is 19.1. The molecule has 0 atom stereocenters. The molecular weight excluding hydrogens is 197 g/mol. The zero-order valence-corrected chi connectivity index (χ0v) is 7.94. The van der Waals surface area contributed by atoms with Gasteiger partial charge in [-0.1, -0.05) is 12.2 Å². The molecule has 0 aliphatic heterocycles. The molecule has 4 heteroatoms. The second-order valence-corrected chi connectivity index (χ2v) is 2.96. The van der Waals surface area contributed by atoms with E-state index in [4.69, 9.17) is 5.73 Å². The summed E-state index contributed by atoms with van der Waals surface area (Å²) < 4.78 is 12.8. The minimum absolute atomic E-state index is 0.0643. The lowest BCUT2D eigenvalue weighted by Gasteiger charge is -1.98. The predicted molar refractivity (Wildman–Crippen MR) is 54.6 cm³/mol. The predicted octanol–water partition coefficient (Wildman–Crippen LogP) is 1.53. The summed E-state index contributed by atoms with van der Waals surface area (Å²) in [6.45, 7) is 0. The topological polar surface area (TPSA) is 60.2 Å². The molecule has 0 heterocycles. The van der Waals surface area contributed by atoms with Crippen molar-refractivity contribution in [2.45, 2.75) is 6.42 Å². The minimum Gasteiger partial charge on any atom is -0.369 e. The van der Waals surface area contributed by atoms with Crippen LogP contribution in [0.2, 0.25) is 0 Å². The summed E-state index contributed by atoms with van der Waals surface area (Å²) in [5, 5.41) is 0. The van der Waals surface area contributed by atoms with Crippen LogP contribution in [0, 0.1) is 5.82 Å². The lowest BCUT2D eigenvalue weighted by molar-refractivity contribution is -0.117. The van der Waals surface area contributed by atoms with Crippen LogP contribution in [0.3, 0.4) is 0 Å². The summed E-state index contributed by atoms with van der Waals surface area (Å²) >= 11 is 0. The summed E-state index contributed by atoms with van der Waals surface area (Å²) in [6.07, 6.45) is 3.68. The fourth-order valence-electron chi connectivity index (χ4n) is 1.10. The maximum Gasteiger partial charge on any atom is 0.221 e. The van der Waals surface area contributed by atoms with E-state index in [1.807, 2.05) is 0 Å². The number of hydrogen-bond acceptors (Lipinski definition) is 2. The van der Waals surface area contributed by atoms with Crippen molar-refractivity contribution in [1.29, 1.82) is 0 Å². The average Bonchev–Trinajstić information content (AvgIpc) is 2.17. The Labute approximate surface area is 86.4 Å². The lowest BCUT2D eigenvalue weighted by atomic mass is 10.1. The van der Waals surface area contributed by atoms with Crippen LogP contribution >= 0.6 is 0 Å². The largest absolute Gasteiger partial charge is 0.369 e. The molecule has 0 unspecified atom stereocenters. The van der Waals surface area contributed by atoms with Crippen LogP contribution in [-0.4, -0.2) is 12.2 Å². The maximum absolute atomic E-state index is 12.8. The van der Waals surface area contributed by atoms with E-state index in [-0.39, 0.29) is 6.42 Å². The van der Waals surface area contributed by atoms with Crippen LogP contribution in [0.15, 0.2) is 24.3 Å². The molecule has 3 nitrogen and oxygen atoms in total. The highest BCUT2D eigenvalue weighted by Gasteiger charge is 1.99. The van der Waals surface area contributed by atoms with Crippen molar-refractivity contribution in [2.75, 3.05) is 0 Å². The Kier molecular flexibility index (Phi) is 3.74. The number of halogens is 1. The van der Waals surface area contributed by atoms with Gasteiger partial charge in [0.2, 0.25) is 5.91 Å². The van der Waals surface area contributed by atoms with Gasteiger partial charge in [0.15, 0.2) is 6.29 Å². The zero-order chi connectivity index (χ0) is 11.3. The van der Waals surface area contributed by atoms with E-state index >= 15 is 0 Å². The van der Waals surface area contributed by atoms with Gasteiger partial charge in [0.1, 0.15) is 5.82 Å². The molecule has 1 aromatic rings. The number of aldehydes is 1. The molecule has 0 radical (unpaired) electrons. The van der Waals surface area contributed by atoms with E-state index in [2.05, 4.69) is 0 Å². The molecule has 1 rings (SSSR count). The molecule has 0 saturated carbocycles. The summed E-state index contributed by atoms with van der Waals surface area (Å²) in [4.78, 5) is 21.0. The zero-order valence-electron chi connectivity index (χ0n) is 7.94. The molecule has 0 spiro atoms. The molecule has 1 amide bonds. The number of hydrogen-bond donors (Lipinski definition) is 1. The highest BCUT2D eigenvalue weighted by molar-refractivity contribution is 5.82. The Bertz CT molecular complexity index is 413. The summed E-state index contributed by atoms with van der Waals surface area (Å²) in [5.41, 5.74) is 5.73. The van der Waals surface area contributed by atoms with Crippen LogP contribution in [0.1, 0.15) is 22.3 Å². The third-order valence-corrected chi connectivity index (χ3v) is 1.79. The molecule has 0 fully saturated rings. The van der Waals surface area contributed by atoms with Gasteiger partial charge in [-0.15, -0.1) is 0 Å². The van der Waals surface area contributed by atoms with Crippen molar-refractivity contribution in [2.24, 2.45) is 5.73 Å². The Morgan fingerprint density at radius 3 is 2.73 bits per heavy atom. The molecule has 0 aromatic heterocycles. The number of carbonyl (C=O) groups is 2. The van der Waals surface area contributed by atoms with E-state index in [1.54, 1.807) is 0 Å². The minimum atomic E-state index is -0.477. The van der Waals surface area contributed by atoms with Gasteiger partial charge in [0, 0.05) is 12.0 Å². The highest BCUT2D eigenvalue weighted by Crippen LogP contribution is 2.11. The number of nitrogens with two attached hydrogens (primary N) is 1. The van der Waals surface area contributed by atoms with E-state index in [9.17, 15) is 14.0 Å². The number of amides is 1. The Morgan fingerprint density at radius 1 is 1.40 bits per heavy atom. The van der Waals surface area contributed by atoms with Crippen molar-refractivity contribution < 1.29 is 14.0 Å². The summed E-state index contributed by atoms with van der Waals surface area (Å²) in [7, 11) is 0. The van der Waals surface area contributed by atoms with Crippen molar-refractivity contribution in [3.63, 3.8) is 0 Å². The van der Waals surface area contributed by atoms with Gasteiger partial charge < -0.3 is 5.73 Å². The van der Waals surface area contributed by atoms with E-state index < -0.39 is 11.7 Å². The van der Waals surface area contributed by atoms with Gasteiger partial charge in [-0.2, -0.15) is 0 Å². The Balaban J connectivity index is 2.91. The second kappa shape index (κ2) is 5.05. The molecule has 0 aliphatic carbocycles. The third-order valence-electron chi connectivity index (χ3n) is 1.79.